The van der Waals surface area contributed by atoms with Gasteiger partial charge in [0.05, 0.1) is 24.9 Å². The van der Waals surface area contributed by atoms with Crippen LogP contribution in [0.4, 0.5) is 5.69 Å². The Morgan fingerprint density at radius 3 is 2.90 bits per heavy atom. The van der Waals surface area contributed by atoms with Gasteiger partial charge in [-0.3, -0.25) is 0 Å². The van der Waals surface area contributed by atoms with Gasteiger partial charge in [0.1, 0.15) is 0 Å². The first-order valence-corrected chi connectivity index (χ1v) is 6.90. The van der Waals surface area contributed by atoms with Crippen molar-refractivity contribution in [1.82, 2.24) is 10.1 Å². The van der Waals surface area contributed by atoms with Gasteiger partial charge in [-0.1, -0.05) is 17.3 Å². The molecule has 1 heterocycles. The number of carbonyl (C=O) groups excluding carboxylic acids is 1. The second-order valence-corrected chi connectivity index (χ2v) is 5.19. The zero-order valence-corrected chi connectivity index (χ0v) is 12.1. The maximum absolute atomic E-state index is 11.8. The lowest BCUT2D eigenvalue weighted by Gasteiger charge is -2.19. The Bertz CT molecular complexity index is 649. The second-order valence-electron chi connectivity index (χ2n) is 5.19. The zero-order chi connectivity index (χ0) is 14.8. The van der Waals surface area contributed by atoms with Gasteiger partial charge < -0.3 is 14.2 Å². The highest BCUT2D eigenvalue weighted by Gasteiger charge is 2.29. The lowest BCUT2D eigenvalue weighted by atomic mass is 10.1. The van der Waals surface area contributed by atoms with Gasteiger partial charge in [-0.05, 0) is 25.0 Å². The molecular weight excluding hydrogens is 270 g/mol. The number of aromatic nitrogens is 2. The van der Waals surface area contributed by atoms with Gasteiger partial charge in [-0.2, -0.15) is 4.98 Å². The number of para-hydroxylation sites is 1. The summed E-state index contributed by atoms with van der Waals surface area (Å²) in [6.45, 7) is 0.452. The van der Waals surface area contributed by atoms with Gasteiger partial charge in [0.2, 0.25) is 5.89 Å². The summed E-state index contributed by atoms with van der Waals surface area (Å²) in [5.41, 5.74) is 1.29. The van der Waals surface area contributed by atoms with Crippen molar-refractivity contribution in [2.24, 2.45) is 0 Å². The van der Waals surface area contributed by atoms with E-state index in [4.69, 9.17) is 9.26 Å². The molecule has 3 rings (SSSR count). The van der Waals surface area contributed by atoms with Crippen LogP contribution in [0.5, 0.6) is 0 Å². The van der Waals surface area contributed by atoms with Crippen LogP contribution in [0, 0.1) is 0 Å². The lowest BCUT2D eigenvalue weighted by Crippen LogP contribution is -2.20. The average molecular weight is 287 g/mol. The summed E-state index contributed by atoms with van der Waals surface area (Å²) < 4.78 is 10.1. The molecule has 0 bridgehead atoms. The molecule has 2 aromatic rings. The van der Waals surface area contributed by atoms with E-state index in [1.54, 1.807) is 6.07 Å². The molecule has 1 saturated carbocycles. The van der Waals surface area contributed by atoms with Crippen molar-refractivity contribution in [2.45, 2.75) is 25.3 Å². The fraction of sp³-hybridized carbons (Fsp3) is 0.400. The average Bonchev–Trinajstić information content (AvgIpc) is 3.27. The van der Waals surface area contributed by atoms with Crippen LogP contribution in [0.15, 0.2) is 28.8 Å². The van der Waals surface area contributed by atoms with Crippen molar-refractivity contribution in [3.63, 3.8) is 0 Å². The minimum absolute atomic E-state index is 0.360. The molecule has 0 unspecified atom stereocenters. The summed E-state index contributed by atoms with van der Waals surface area (Å²) in [4.78, 5) is 18.1. The van der Waals surface area contributed by atoms with Crippen molar-refractivity contribution in [3.8, 4) is 0 Å². The summed E-state index contributed by atoms with van der Waals surface area (Å²) in [7, 11) is 3.25. The quantitative estimate of drug-likeness (QED) is 0.786. The SMILES string of the molecule is COC(=O)c1ccccc1N(C)Cc1nc(C2CC2)no1. The number of anilines is 1. The molecule has 1 fully saturated rings. The van der Waals surface area contributed by atoms with Crippen molar-refractivity contribution in [1.29, 1.82) is 0 Å². The lowest BCUT2D eigenvalue weighted by molar-refractivity contribution is 0.0601. The highest BCUT2D eigenvalue weighted by molar-refractivity contribution is 5.95. The molecule has 0 spiro atoms. The third-order valence-electron chi connectivity index (χ3n) is 3.52. The van der Waals surface area contributed by atoms with Gasteiger partial charge >= 0.3 is 5.97 Å². The van der Waals surface area contributed by atoms with Crippen LogP contribution >= 0.6 is 0 Å². The van der Waals surface area contributed by atoms with Crippen LogP contribution in [0.25, 0.3) is 0 Å². The predicted octanol–water partition coefficient (Wildman–Crippen LogP) is 2.37. The topological polar surface area (TPSA) is 68.5 Å². The minimum atomic E-state index is -0.360. The van der Waals surface area contributed by atoms with Gasteiger partial charge in [0, 0.05) is 13.0 Å². The van der Waals surface area contributed by atoms with E-state index >= 15 is 0 Å². The fourth-order valence-electron chi connectivity index (χ4n) is 2.22. The van der Waals surface area contributed by atoms with Crippen molar-refractivity contribution < 1.29 is 14.1 Å². The van der Waals surface area contributed by atoms with Gasteiger partial charge in [0.15, 0.2) is 5.82 Å². The first-order chi connectivity index (χ1) is 10.2. The Kier molecular flexibility index (Phi) is 3.60. The largest absolute Gasteiger partial charge is 0.465 e. The molecule has 1 aromatic heterocycles. The van der Waals surface area contributed by atoms with Crippen LogP contribution in [-0.4, -0.2) is 30.3 Å². The Morgan fingerprint density at radius 1 is 1.43 bits per heavy atom. The third-order valence-corrected chi connectivity index (χ3v) is 3.52. The molecule has 6 heteroatoms. The number of esters is 1. The summed E-state index contributed by atoms with van der Waals surface area (Å²) >= 11 is 0. The van der Waals surface area contributed by atoms with Crippen LogP contribution in [-0.2, 0) is 11.3 Å². The molecule has 1 aliphatic rings. The van der Waals surface area contributed by atoms with Gasteiger partial charge in [-0.15, -0.1) is 0 Å². The first kappa shape index (κ1) is 13.6. The highest BCUT2D eigenvalue weighted by Crippen LogP contribution is 2.38. The maximum atomic E-state index is 11.8. The predicted molar refractivity (Wildman–Crippen MR) is 76.2 cm³/mol. The number of benzene rings is 1. The third kappa shape index (κ3) is 2.89. The van der Waals surface area contributed by atoms with Crippen LogP contribution in [0.2, 0.25) is 0 Å². The molecule has 0 atom stereocenters. The van der Waals surface area contributed by atoms with Gasteiger partial charge in [-0.25, -0.2) is 4.79 Å². The number of nitrogens with zero attached hydrogens (tertiary/aromatic N) is 3. The molecule has 1 aromatic carbocycles. The minimum Gasteiger partial charge on any atom is -0.465 e. The molecule has 0 radical (unpaired) electrons. The summed E-state index contributed by atoms with van der Waals surface area (Å²) in [5, 5.41) is 3.99. The molecule has 0 saturated heterocycles. The Labute approximate surface area is 122 Å². The first-order valence-electron chi connectivity index (χ1n) is 6.90. The molecule has 0 amide bonds. The molecule has 0 N–H and O–H groups in total. The summed E-state index contributed by atoms with van der Waals surface area (Å²) in [6, 6.07) is 7.29. The summed E-state index contributed by atoms with van der Waals surface area (Å²) in [6.07, 6.45) is 2.28. The Balaban J connectivity index is 1.77. The van der Waals surface area contributed by atoms with Crippen molar-refractivity contribution in [2.75, 3.05) is 19.1 Å². The number of ether oxygens (including phenoxy) is 1. The highest BCUT2D eigenvalue weighted by atomic mass is 16.5. The Morgan fingerprint density at radius 2 is 2.19 bits per heavy atom. The van der Waals surface area contributed by atoms with Crippen LogP contribution < -0.4 is 4.90 Å². The molecule has 6 nitrogen and oxygen atoms in total. The van der Waals surface area contributed by atoms with E-state index in [1.165, 1.54) is 7.11 Å². The van der Waals surface area contributed by atoms with E-state index in [0.29, 0.717) is 23.9 Å². The molecule has 21 heavy (non-hydrogen) atoms. The zero-order valence-electron chi connectivity index (χ0n) is 12.1. The van der Waals surface area contributed by atoms with E-state index in [2.05, 4.69) is 10.1 Å². The van der Waals surface area contributed by atoms with Crippen molar-refractivity contribution >= 4 is 11.7 Å². The van der Waals surface area contributed by atoms with E-state index in [1.807, 2.05) is 30.1 Å². The van der Waals surface area contributed by atoms with Crippen LogP contribution in [0.3, 0.4) is 0 Å². The number of hydrogen-bond acceptors (Lipinski definition) is 6. The Hall–Kier alpha value is -2.37. The van der Waals surface area contributed by atoms with E-state index in [0.717, 1.165) is 24.4 Å². The molecule has 1 aliphatic carbocycles. The second kappa shape index (κ2) is 5.55. The van der Waals surface area contributed by atoms with E-state index < -0.39 is 0 Å². The number of hydrogen-bond donors (Lipinski definition) is 0. The summed E-state index contributed by atoms with van der Waals surface area (Å²) in [5.74, 6) is 1.45. The number of methoxy groups -OCH3 is 1. The number of carbonyl (C=O) groups is 1. The standard InChI is InChI=1S/C15H17N3O3/c1-18(9-13-16-14(17-21-13)10-7-8-10)12-6-4-3-5-11(12)15(19)20-2/h3-6,10H,7-9H2,1-2H3. The normalized spacial score (nSPS) is 14.0. The smallest absolute Gasteiger partial charge is 0.339 e. The molecular formula is C15H17N3O3. The monoisotopic (exact) mass is 287 g/mol. The van der Waals surface area contributed by atoms with E-state index in [-0.39, 0.29) is 5.97 Å². The van der Waals surface area contributed by atoms with Crippen molar-refractivity contribution in [3.05, 3.63) is 41.5 Å². The molecule has 0 aliphatic heterocycles. The molecule has 110 valence electrons. The van der Waals surface area contributed by atoms with Crippen LogP contribution in [0.1, 0.15) is 40.8 Å². The van der Waals surface area contributed by atoms with E-state index in [9.17, 15) is 4.79 Å². The fourth-order valence-corrected chi connectivity index (χ4v) is 2.22. The number of rotatable bonds is 5. The maximum Gasteiger partial charge on any atom is 0.339 e. The van der Waals surface area contributed by atoms with Gasteiger partial charge in [0.25, 0.3) is 0 Å².